The number of para-hydroxylation sites is 1. The predicted molar refractivity (Wildman–Crippen MR) is 132 cm³/mol. The summed E-state index contributed by atoms with van der Waals surface area (Å²) in [5.74, 6) is -0.480. The van der Waals surface area contributed by atoms with Crippen molar-refractivity contribution in [3.8, 4) is 11.6 Å². The number of carbonyl (C=O) groups excluding carboxylic acids is 1. The minimum absolute atomic E-state index is 0.0454. The molecule has 0 aliphatic rings. The highest BCUT2D eigenvalue weighted by Gasteiger charge is 2.22. The van der Waals surface area contributed by atoms with Gasteiger partial charge in [0.05, 0.1) is 22.5 Å². The van der Waals surface area contributed by atoms with E-state index in [0.29, 0.717) is 11.3 Å². The van der Waals surface area contributed by atoms with Crippen LogP contribution in [0.1, 0.15) is 27.2 Å². The largest absolute Gasteiger partial charge is 0.306 e. The average Bonchev–Trinajstić information content (AvgIpc) is 3.44. The molecular formula is C24H20N8O4. The number of fused-ring (bicyclic) bond motifs is 1. The molecule has 0 saturated carbocycles. The number of carbonyl (C=O) groups is 1. The lowest BCUT2D eigenvalue weighted by molar-refractivity contribution is -0.385. The number of aryl methyl sites for hydroxylation is 3. The summed E-state index contributed by atoms with van der Waals surface area (Å²) in [5, 5.41) is 23.0. The fourth-order valence-electron chi connectivity index (χ4n) is 3.81. The summed E-state index contributed by atoms with van der Waals surface area (Å²) in [4.78, 5) is 43.7. The molecule has 0 fully saturated rings. The highest BCUT2D eigenvalue weighted by atomic mass is 16.6. The van der Waals surface area contributed by atoms with Gasteiger partial charge in [-0.15, -0.1) is 0 Å². The van der Waals surface area contributed by atoms with Gasteiger partial charge in [0, 0.05) is 12.1 Å². The minimum Gasteiger partial charge on any atom is -0.306 e. The first-order valence-electron chi connectivity index (χ1n) is 10.9. The molecule has 12 heteroatoms. The van der Waals surface area contributed by atoms with Crippen LogP contribution in [0.15, 0.2) is 59.5 Å². The van der Waals surface area contributed by atoms with Gasteiger partial charge in [-0.3, -0.25) is 24.7 Å². The maximum atomic E-state index is 12.9. The van der Waals surface area contributed by atoms with Gasteiger partial charge in [-0.2, -0.15) is 19.9 Å². The Hall–Kier alpha value is -5.13. The number of nitrogens with one attached hydrogen (secondary N) is 2. The monoisotopic (exact) mass is 484 g/mol. The van der Waals surface area contributed by atoms with E-state index in [1.165, 1.54) is 35.1 Å². The molecule has 12 nitrogen and oxygen atoms in total. The lowest BCUT2D eigenvalue weighted by Crippen LogP contribution is -2.19. The SMILES string of the molecule is Cc1cc(NC(=O)c2ccccc2[N+](=O)[O-])n(-c2nc3c(cnn3-c3ccc(C)c(C)c3)c(=O)[nH]2)n1. The van der Waals surface area contributed by atoms with E-state index in [4.69, 9.17) is 0 Å². The maximum absolute atomic E-state index is 12.9. The fourth-order valence-corrected chi connectivity index (χ4v) is 3.81. The van der Waals surface area contributed by atoms with E-state index in [-0.39, 0.29) is 28.4 Å². The predicted octanol–water partition coefficient (Wildman–Crippen LogP) is 3.38. The summed E-state index contributed by atoms with van der Waals surface area (Å²) in [6, 6.07) is 13.0. The Kier molecular flexibility index (Phi) is 5.40. The number of H-pyrrole nitrogens is 1. The summed E-state index contributed by atoms with van der Waals surface area (Å²) in [7, 11) is 0. The van der Waals surface area contributed by atoms with Crippen molar-refractivity contribution in [2.75, 3.05) is 5.32 Å². The van der Waals surface area contributed by atoms with Gasteiger partial charge in [0.1, 0.15) is 16.8 Å². The van der Waals surface area contributed by atoms with E-state index in [1.807, 2.05) is 32.0 Å². The molecule has 0 atom stereocenters. The zero-order valence-corrected chi connectivity index (χ0v) is 19.5. The van der Waals surface area contributed by atoms with Crippen molar-refractivity contribution < 1.29 is 9.72 Å². The fraction of sp³-hybridized carbons (Fsp3) is 0.125. The van der Waals surface area contributed by atoms with Gasteiger partial charge in [-0.25, -0.2) is 4.68 Å². The van der Waals surface area contributed by atoms with Crippen molar-refractivity contribution >= 4 is 28.4 Å². The van der Waals surface area contributed by atoms with Crippen LogP contribution in [-0.4, -0.2) is 40.4 Å². The highest BCUT2D eigenvalue weighted by molar-refractivity contribution is 6.06. The van der Waals surface area contributed by atoms with Crippen molar-refractivity contribution in [3.05, 3.63) is 97.6 Å². The van der Waals surface area contributed by atoms with Gasteiger partial charge in [-0.1, -0.05) is 18.2 Å². The van der Waals surface area contributed by atoms with Gasteiger partial charge in [-0.05, 0) is 50.1 Å². The Balaban J connectivity index is 1.59. The Bertz CT molecular complexity index is 1730. The van der Waals surface area contributed by atoms with Crippen LogP contribution in [0.5, 0.6) is 0 Å². The molecule has 0 aliphatic heterocycles. The third-order valence-corrected chi connectivity index (χ3v) is 5.78. The molecule has 36 heavy (non-hydrogen) atoms. The third-order valence-electron chi connectivity index (χ3n) is 5.78. The molecule has 0 bridgehead atoms. The van der Waals surface area contributed by atoms with Gasteiger partial charge >= 0.3 is 0 Å². The average molecular weight is 484 g/mol. The number of nitrogens with zero attached hydrogens (tertiary/aromatic N) is 6. The molecular weight excluding hydrogens is 464 g/mol. The van der Waals surface area contributed by atoms with Crippen LogP contribution in [0.2, 0.25) is 0 Å². The molecule has 0 spiro atoms. The lowest BCUT2D eigenvalue weighted by Gasteiger charge is -2.10. The molecule has 0 radical (unpaired) electrons. The first-order chi connectivity index (χ1) is 17.2. The van der Waals surface area contributed by atoms with Crippen molar-refractivity contribution in [2.45, 2.75) is 20.8 Å². The van der Waals surface area contributed by atoms with Crippen LogP contribution in [0.4, 0.5) is 11.5 Å². The number of hydrogen-bond donors (Lipinski definition) is 2. The van der Waals surface area contributed by atoms with Crippen LogP contribution < -0.4 is 10.9 Å². The summed E-state index contributed by atoms with van der Waals surface area (Å²) < 4.78 is 2.82. The minimum atomic E-state index is -0.702. The smallest absolute Gasteiger partial charge is 0.282 e. The molecule has 3 heterocycles. The second-order valence-corrected chi connectivity index (χ2v) is 8.26. The normalized spacial score (nSPS) is 11.1. The van der Waals surface area contributed by atoms with E-state index < -0.39 is 16.4 Å². The molecule has 0 saturated heterocycles. The first-order valence-corrected chi connectivity index (χ1v) is 10.9. The highest BCUT2D eigenvalue weighted by Crippen LogP contribution is 2.22. The van der Waals surface area contributed by atoms with Crippen molar-refractivity contribution in [3.63, 3.8) is 0 Å². The number of aromatic nitrogens is 6. The number of nitro benzene ring substituents is 1. The number of rotatable bonds is 5. The standard InChI is InChI=1S/C24H20N8O4/c1-13-8-9-16(10-14(13)2)30-21-18(12-25-30)23(34)28-24(27-21)31-20(11-15(3)29-31)26-22(33)17-6-4-5-7-19(17)32(35)36/h4-12H,1-3H3,(H,26,33)(H,27,28,34). The van der Waals surface area contributed by atoms with Gasteiger partial charge in [0.25, 0.3) is 17.2 Å². The molecule has 0 aliphatic carbocycles. The zero-order valence-electron chi connectivity index (χ0n) is 19.5. The molecule has 0 unspecified atom stereocenters. The summed E-state index contributed by atoms with van der Waals surface area (Å²) in [6.07, 6.45) is 1.44. The molecule has 3 aromatic heterocycles. The lowest BCUT2D eigenvalue weighted by atomic mass is 10.1. The van der Waals surface area contributed by atoms with E-state index in [2.05, 4.69) is 25.5 Å². The van der Waals surface area contributed by atoms with Crippen LogP contribution in [0.3, 0.4) is 0 Å². The number of nitro groups is 1. The number of amides is 1. The van der Waals surface area contributed by atoms with Gasteiger partial charge < -0.3 is 5.32 Å². The Labute approximate surface area is 203 Å². The molecule has 5 aromatic rings. The number of hydrogen-bond acceptors (Lipinski definition) is 7. The Morgan fingerprint density at radius 3 is 2.58 bits per heavy atom. The maximum Gasteiger partial charge on any atom is 0.282 e. The van der Waals surface area contributed by atoms with E-state index in [1.54, 1.807) is 17.7 Å². The Morgan fingerprint density at radius 2 is 1.83 bits per heavy atom. The topological polar surface area (TPSA) is 154 Å². The molecule has 2 aromatic carbocycles. The zero-order chi connectivity index (χ0) is 25.6. The van der Waals surface area contributed by atoms with Gasteiger partial charge in [0.15, 0.2) is 5.65 Å². The number of aromatic amines is 1. The van der Waals surface area contributed by atoms with E-state index in [0.717, 1.165) is 16.8 Å². The second kappa shape index (κ2) is 8.58. The Morgan fingerprint density at radius 1 is 1.06 bits per heavy atom. The summed E-state index contributed by atoms with van der Waals surface area (Å²) >= 11 is 0. The van der Waals surface area contributed by atoms with Crippen molar-refractivity contribution in [2.24, 2.45) is 0 Å². The van der Waals surface area contributed by atoms with Crippen molar-refractivity contribution in [1.29, 1.82) is 0 Å². The van der Waals surface area contributed by atoms with Crippen LogP contribution in [-0.2, 0) is 0 Å². The molecule has 5 rings (SSSR count). The van der Waals surface area contributed by atoms with Gasteiger partial charge in [0.2, 0.25) is 5.95 Å². The second-order valence-electron chi connectivity index (χ2n) is 8.26. The van der Waals surface area contributed by atoms with Crippen LogP contribution >= 0.6 is 0 Å². The van der Waals surface area contributed by atoms with Crippen molar-refractivity contribution in [1.82, 2.24) is 29.5 Å². The third kappa shape index (κ3) is 3.90. The summed E-state index contributed by atoms with van der Waals surface area (Å²) in [6.45, 7) is 5.68. The molecule has 1 amide bonds. The first kappa shape index (κ1) is 22.7. The number of anilines is 1. The summed E-state index contributed by atoms with van der Waals surface area (Å²) in [5.41, 5.74) is 2.87. The molecule has 180 valence electrons. The van der Waals surface area contributed by atoms with E-state index in [9.17, 15) is 19.7 Å². The molecule has 2 N–H and O–H groups in total. The quantitative estimate of drug-likeness (QED) is 0.286. The van der Waals surface area contributed by atoms with E-state index >= 15 is 0 Å². The van der Waals surface area contributed by atoms with Crippen LogP contribution in [0.25, 0.3) is 22.7 Å². The number of benzene rings is 2. The van der Waals surface area contributed by atoms with Crippen LogP contribution in [0, 0.1) is 30.9 Å².